The Morgan fingerprint density at radius 2 is 1.75 bits per heavy atom. The molecule has 1 heterocycles. The number of carbonyl (C=O) groups is 1. The highest BCUT2D eigenvalue weighted by Crippen LogP contribution is 2.26. The van der Waals surface area contributed by atoms with E-state index in [0.29, 0.717) is 0 Å². The van der Waals surface area contributed by atoms with Gasteiger partial charge in [0, 0.05) is 0 Å². The maximum absolute atomic E-state index is 11.6. The maximum atomic E-state index is 11.6. The number of rotatable bonds is 3. The number of nitrogens with zero attached hydrogens (tertiary/aromatic N) is 1. The van der Waals surface area contributed by atoms with Gasteiger partial charge in [-0.3, -0.25) is 9.69 Å². The molecule has 0 radical (unpaired) electrons. The fraction of sp³-hybridized carbons (Fsp3) is 0.462. The molecule has 3 heteroatoms. The van der Waals surface area contributed by atoms with Crippen molar-refractivity contribution in [1.29, 1.82) is 0 Å². The molecule has 2 rings (SSSR count). The second kappa shape index (κ2) is 5.46. The summed E-state index contributed by atoms with van der Waals surface area (Å²) in [5.41, 5.74) is 1.00. The van der Waals surface area contributed by atoms with Crippen LogP contribution in [0.5, 0.6) is 0 Å². The van der Waals surface area contributed by atoms with Crippen LogP contribution in [0, 0.1) is 0 Å². The Bertz CT molecular complexity index is 346. The van der Waals surface area contributed by atoms with Crippen LogP contribution < -0.4 is 0 Å². The van der Waals surface area contributed by atoms with Crippen molar-refractivity contribution in [2.75, 3.05) is 13.1 Å². The Morgan fingerprint density at radius 3 is 2.31 bits per heavy atom. The molecule has 1 saturated heterocycles. The topological polar surface area (TPSA) is 20.3 Å². The summed E-state index contributed by atoms with van der Waals surface area (Å²) in [5.74, 6) is 0. The maximum Gasteiger partial charge on any atom is 0.243 e. The van der Waals surface area contributed by atoms with Crippen molar-refractivity contribution >= 4 is 16.8 Å². The first kappa shape index (κ1) is 11.6. The molecule has 1 atom stereocenters. The van der Waals surface area contributed by atoms with Crippen molar-refractivity contribution in [2.24, 2.45) is 0 Å². The molecule has 0 amide bonds. The average molecular weight is 238 g/mol. The molecular formula is C13H16ClNO. The molecule has 86 valence electrons. The molecule has 1 aliphatic rings. The highest BCUT2D eigenvalue weighted by atomic mass is 35.5. The van der Waals surface area contributed by atoms with Gasteiger partial charge in [0.15, 0.2) is 0 Å². The van der Waals surface area contributed by atoms with E-state index in [1.807, 2.05) is 30.3 Å². The number of hydrogen-bond donors (Lipinski definition) is 0. The summed E-state index contributed by atoms with van der Waals surface area (Å²) in [6, 6.07) is 9.54. The first-order chi connectivity index (χ1) is 7.79. The third-order valence-electron chi connectivity index (χ3n) is 3.09. The fourth-order valence-corrected chi connectivity index (χ4v) is 2.56. The van der Waals surface area contributed by atoms with E-state index in [0.717, 1.165) is 31.5 Å². The Balaban J connectivity index is 2.20. The molecule has 0 unspecified atom stereocenters. The van der Waals surface area contributed by atoms with Gasteiger partial charge in [-0.05, 0) is 43.1 Å². The van der Waals surface area contributed by atoms with Crippen LogP contribution in [0.4, 0.5) is 0 Å². The third-order valence-corrected chi connectivity index (χ3v) is 3.29. The first-order valence-electron chi connectivity index (χ1n) is 5.77. The molecule has 16 heavy (non-hydrogen) atoms. The van der Waals surface area contributed by atoms with Crippen LogP contribution in [0.15, 0.2) is 30.3 Å². The van der Waals surface area contributed by atoms with E-state index >= 15 is 0 Å². The second-order valence-electron chi connectivity index (χ2n) is 4.21. The Kier molecular flexibility index (Phi) is 3.97. The molecule has 0 aliphatic carbocycles. The predicted molar refractivity (Wildman–Crippen MR) is 65.5 cm³/mol. The molecule has 1 fully saturated rings. The zero-order chi connectivity index (χ0) is 11.4. The van der Waals surface area contributed by atoms with E-state index in [1.54, 1.807) is 0 Å². The van der Waals surface area contributed by atoms with E-state index < -0.39 is 0 Å². The molecular weight excluding hydrogens is 222 g/mol. The van der Waals surface area contributed by atoms with E-state index in [4.69, 9.17) is 11.6 Å². The number of likely N-dealkylation sites (tertiary alicyclic amines) is 1. The molecule has 1 aliphatic heterocycles. The standard InChI is InChI=1S/C13H16ClNO/c14-13(16)12(11-7-3-1-4-8-11)15-9-5-2-6-10-15/h1,3-4,7-8,12H,2,5-6,9-10H2/t12-/m1/s1. The van der Waals surface area contributed by atoms with Crippen molar-refractivity contribution in [3.05, 3.63) is 35.9 Å². The highest BCUT2D eigenvalue weighted by Gasteiger charge is 2.26. The predicted octanol–water partition coefficient (Wildman–Crippen LogP) is 2.98. The van der Waals surface area contributed by atoms with Crippen molar-refractivity contribution in [3.8, 4) is 0 Å². The lowest BCUT2D eigenvalue weighted by Gasteiger charge is -2.32. The van der Waals surface area contributed by atoms with Gasteiger partial charge in [-0.15, -0.1) is 0 Å². The minimum atomic E-state index is -0.270. The Hall–Kier alpha value is -0.860. The first-order valence-corrected chi connectivity index (χ1v) is 6.15. The lowest BCUT2D eigenvalue weighted by molar-refractivity contribution is -0.117. The van der Waals surface area contributed by atoms with Crippen LogP contribution in [0.3, 0.4) is 0 Å². The zero-order valence-corrected chi connectivity index (χ0v) is 9.99. The van der Waals surface area contributed by atoms with Gasteiger partial charge in [0.2, 0.25) is 5.24 Å². The van der Waals surface area contributed by atoms with Crippen LogP contribution in [0.1, 0.15) is 30.9 Å². The average Bonchev–Trinajstić information content (AvgIpc) is 2.31. The van der Waals surface area contributed by atoms with Crippen molar-refractivity contribution < 1.29 is 4.79 Å². The molecule has 0 N–H and O–H groups in total. The summed E-state index contributed by atoms with van der Waals surface area (Å²) in [4.78, 5) is 13.8. The van der Waals surface area contributed by atoms with Crippen LogP contribution >= 0.6 is 11.6 Å². The van der Waals surface area contributed by atoms with Crippen LogP contribution in [-0.4, -0.2) is 23.2 Å². The van der Waals surface area contributed by atoms with E-state index in [-0.39, 0.29) is 11.3 Å². The van der Waals surface area contributed by atoms with E-state index in [9.17, 15) is 4.79 Å². The van der Waals surface area contributed by atoms with Gasteiger partial charge < -0.3 is 0 Å². The lowest BCUT2D eigenvalue weighted by Crippen LogP contribution is -2.36. The quantitative estimate of drug-likeness (QED) is 0.754. The molecule has 0 spiro atoms. The minimum absolute atomic E-state index is 0.261. The fourth-order valence-electron chi connectivity index (χ4n) is 2.30. The monoisotopic (exact) mass is 237 g/mol. The summed E-state index contributed by atoms with van der Waals surface area (Å²) < 4.78 is 0. The third kappa shape index (κ3) is 2.63. The van der Waals surface area contributed by atoms with Crippen molar-refractivity contribution in [3.63, 3.8) is 0 Å². The molecule has 0 bridgehead atoms. The van der Waals surface area contributed by atoms with Crippen molar-refractivity contribution in [1.82, 2.24) is 4.90 Å². The summed E-state index contributed by atoms with van der Waals surface area (Å²) in [7, 11) is 0. The van der Waals surface area contributed by atoms with Gasteiger partial charge in [-0.25, -0.2) is 0 Å². The highest BCUT2D eigenvalue weighted by molar-refractivity contribution is 6.64. The number of halogens is 1. The molecule has 0 saturated carbocycles. The second-order valence-corrected chi connectivity index (χ2v) is 4.59. The number of benzene rings is 1. The zero-order valence-electron chi connectivity index (χ0n) is 9.23. The van der Waals surface area contributed by atoms with Crippen molar-refractivity contribution in [2.45, 2.75) is 25.3 Å². The minimum Gasteiger partial charge on any atom is -0.289 e. The Labute approximate surface area is 101 Å². The summed E-state index contributed by atoms with van der Waals surface area (Å²) >= 11 is 5.73. The summed E-state index contributed by atoms with van der Waals surface area (Å²) in [5, 5.41) is -0.270. The smallest absolute Gasteiger partial charge is 0.243 e. The van der Waals surface area contributed by atoms with Gasteiger partial charge in [0.25, 0.3) is 0 Å². The number of hydrogen-bond acceptors (Lipinski definition) is 2. The van der Waals surface area contributed by atoms with Gasteiger partial charge in [-0.1, -0.05) is 36.8 Å². The van der Waals surface area contributed by atoms with Gasteiger partial charge in [0.1, 0.15) is 6.04 Å². The van der Waals surface area contributed by atoms with E-state index in [2.05, 4.69) is 4.90 Å². The summed E-state index contributed by atoms with van der Waals surface area (Å²) in [6.07, 6.45) is 3.58. The normalized spacial score (nSPS) is 19.3. The van der Waals surface area contributed by atoms with Crippen LogP contribution in [0.25, 0.3) is 0 Å². The van der Waals surface area contributed by atoms with Gasteiger partial charge >= 0.3 is 0 Å². The SMILES string of the molecule is O=C(Cl)[C@@H](c1ccccc1)N1CCCCC1. The molecule has 1 aromatic rings. The van der Waals surface area contributed by atoms with Crippen LogP contribution in [-0.2, 0) is 4.79 Å². The van der Waals surface area contributed by atoms with Gasteiger partial charge in [0.05, 0.1) is 0 Å². The molecule has 1 aromatic carbocycles. The van der Waals surface area contributed by atoms with Crippen LogP contribution in [0.2, 0.25) is 0 Å². The molecule has 2 nitrogen and oxygen atoms in total. The Morgan fingerprint density at radius 1 is 1.12 bits per heavy atom. The number of piperidine rings is 1. The lowest BCUT2D eigenvalue weighted by atomic mass is 10.0. The van der Waals surface area contributed by atoms with Gasteiger partial charge in [-0.2, -0.15) is 0 Å². The number of carbonyl (C=O) groups excluding carboxylic acids is 1. The summed E-state index contributed by atoms with van der Waals surface area (Å²) in [6.45, 7) is 1.94. The molecule has 0 aromatic heterocycles. The largest absolute Gasteiger partial charge is 0.289 e. The van der Waals surface area contributed by atoms with E-state index in [1.165, 1.54) is 6.42 Å².